The van der Waals surface area contributed by atoms with Gasteiger partial charge in [-0.2, -0.15) is 0 Å². The van der Waals surface area contributed by atoms with Gasteiger partial charge in [-0.3, -0.25) is 9.78 Å². The van der Waals surface area contributed by atoms with E-state index in [0.717, 1.165) is 16.2 Å². The largest absolute Gasteiger partial charge is 0.332 e. The number of amides is 1. The summed E-state index contributed by atoms with van der Waals surface area (Å²) >= 11 is 1.53. The first-order valence-corrected chi connectivity index (χ1v) is 6.90. The Kier molecular flexibility index (Phi) is 3.41. The molecule has 1 aliphatic heterocycles. The molecule has 0 unspecified atom stereocenters. The molecule has 0 bridgehead atoms. The Morgan fingerprint density at radius 3 is 2.89 bits per heavy atom. The van der Waals surface area contributed by atoms with Crippen molar-refractivity contribution in [2.24, 2.45) is 0 Å². The van der Waals surface area contributed by atoms with Gasteiger partial charge in [0, 0.05) is 35.6 Å². The van der Waals surface area contributed by atoms with Gasteiger partial charge < -0.3 is 4.90 Å². The molecular weight excluding hydrogens is 260 g/mol. The van der Waals surface area contributed by atoms with Crippen molar-refractivity contribution in [2.75, 3.05) is 5.75 Å². The molecule has 1 amide bonds. The third-order valence-corrected chi connectivity index (χ3v) is 3.94. The molecule has 0 spiro atoms. The number of carbonyl (C=O) groups excluding carboxylic acids is 1. The van der Waals surface area contributed by atoms with Gasteiger partial charge in [-0.1, -0.05) is 0 Å². The van der Waals surface area contributed by atoms with Crippen LogP contribution in [0.25, 0.3) is 0 Å². The second-order valence-electron chi connectivity index (χ2n) is 4.22. The van der Waals surface area contributed by atoms with Crippen LogP contribution in [0.4, 0.5) is 0 Å². The van der Waals surface area contributed by atoms with Crippen LogP contribution < -0.4 is 0 Å². The summed E-state index contributed by atoms with van der Waals surface area (Å²) < 4.78 is 0. The second kappa shape index (κ2) is 5.36. The van der Waals surface area contributed by atoms with Crippen molar-refractivity contribution >= 4 is 17.7 Å². The van der Waals surface area contributed by atoms with Gasteiger partial charge >= 0.3 is 0 Å². The summed E-state index contributed by atoms with van der Waals surface area (Å²) in [4.78, 5) is 27.1. The van der Waals surface area contributed by atoms with Gasteiger partial charge in [0.25, 0.3) is 0 Å². The lowest BCUT2D eigenvalue weighted by molar-refractivity contribution is -0.128. The molecule has 3 heterocycles. The molecule has 3 rings (SSSR count). The van der Waals surface area contributed by atoms with Crippen LogP contribution in [0.2, 0.25) is 0 Å². The van der Waals surface area contributed by atoms with Gasteiger partial charge in [-0.05, 0) is 12.1 Å². The van der Waals surface area contributed by atoms with Gasteiger partial charge in [0.15, 0.2) is 0 Å². The van der Waals surface area contributed by atoms with Gasteiger partial charge in [0.05, 0.1) is 18.0 Å². The van der Waals surface area contributed by atoms with Crippen LogP contribution in [-0.4, -0.2) is 31.5 Å². The fourth-order valence-electron chi connectivity index (χ4n) is 1.95. The van der Waals surface area contributed by atoms with E-state index in [1.54, 1.807) is 18.6 Å². The van der Waals surface area contributed by atoms with E-state index in [2.05, 4.69) is 15.0 Å². The average Bonchev–Trinajstić information content (AvgIpc) is 2.90. The maximum absolute atomic E-state index is 12.1. The number of fused-ring (bicyclic) bond motifs is 1. The minimum absolute atomic E-state index is 0.125. The number of hydrogen-bond donors (Lipinski definition) is 0. The minimum atomic E-state index is 0.125. The Hall–Kier alpha value is -1.95. The van der Waals surface area contributed by atoms with Gasteiger partial charge in [0.2, 0.25) is 5.91 Å². The quantitative estimate of drug-likeness (QED) is 0.793. The zero-order valence-corrected chi connectivity index (χ0v) is 11.0. The maximum atomic E-state index is 12.1. The van der Waals surface area contributed by atoms with Crippen molar-refractivity contribution in [3.63, 3.8) is 0 Å². The highest BCUT2D eigenvalue weighted by Gasteiger charge is 2.24. The van der Waals surface area contributed by atoms with Gasteiger partial charge in [-0.25, -0.2) is 9.97 Å². The van der Waals surface area contributed by atoms with Crippen molar-refractivity contribution in [3.8, 4) is 0 Å². The number of rotatable bonds is 3. The second-order valence-corrected chi connectivity index (χ2v) is 5.26. The Morgan fingerprint density at radius 2 is 2.11 bits per heavy atom. The third-order valence-electron chi connectivity index (χ3n) is 2.95. The first-order chi connectivity index (χ1) is 9.33. The number of nitrogens with zero attached hydrogens (tertiary/aromatic N) is 4. The normalized spacial score (nSPS) is 13.4. The number of aromatic nitrogens is 3. The van der Waals surface area contributed by atoms with Crippen LogP contribution in [0.1, 0.15) is 11.3 Å². The molecule has 6 heteroatoms. The van der Waals surface area contributed by atoms with Crippen LogP contribution in [0, 0.1) is 0 Å². The third kappa shape index (κ3) is 2.73. The summed E-state index contributed by atoms with van der Waals surface area (Å²) in [5.74, 6) is 0.561. The average molecular weight is 272 g/mol. The number of thioether (sulfide) groups is 1. The summed E-state index contributed by atoms with van der Waals surface area (Å²) in [7, 11) is 0. The summed E-state index contributed by atoms with van der Waals surface area (Å²) in [5.41, 5.74) is 2.00. The summed E-state index contributed by atoms with van der Waals surface area (Å²) in [6.07, 6.45) is 6.77. The molecule has 96 valence electrons. The molecule has 0 aliphatic carbocycles. The van der Waals surface area contributed by atoms with E-state index in [-0.39, 0.29) is 5.91 Å². The lowest BCUT2D eigenvalue weighted by Gasteiger charge is -2.14. The van der Waals surface area contributed by atoms with Crippen LogP contribution >= 0.6 is 11.8 Å². The molecule has 0 radical (unpaired) electrons. The SMILES string of the molecule is O=C(CSc1ccncc1)N1Cc2cncnc2C1. The van der Waals surface area contributed by atoms with E-state index >= 15 is 0 Å². The monoisotopic (exact) mass is 272 g/mol. The Bertz CT molecular complexity index is 565. The summed E-state index contributed by atoms with van der Waals surface area (Å²) in [6, 6.07) is 3.81. The number of pyridine rings is 1. The predicted molar refractivity (Wildman–Crippen MR) is 71.2 cm³/mol. The van der Waals surface area contributed by atoms with Gasteiger partial charge in [0.1, 0.15) is 6.33 Å². The summed E-state index contributed by atoms with van der Waals surface area (Å²) in [5, 5.41) is 0. The maximum Gasteiger partial charge on any atom is 0.233 e. The fraction of sp³-hybridized carbons (Fsp3) is 0.231. The van der Waals surface area contributed by atoms with Gasteiger partial charge in [-0.15, -0.1) is 11.8 Å². The Balaban J connectivity index is 1.58. The molecule has 0 atom stereocenters. The zero-order valence-electron chi connectivity index (χ0n) is 10.2. The Morgan fingerprint density at radius 1 is 1.26 bits per heavy atom. The van der Waals surface area contributed by atoms with Crippen molar-refractivity contribution in [2.45, 2.75) is 18.0 Å². The molecule has 2 aromatic heterocycles. The highest BCUT2D eigenvalue weighted by molar-refractivity contribution is 8.00. The lowest BCUT2D eigenvalue weighted by Crippen LogP contribution is -2.27. The fourth-order valence-corrected chi connectivity index (χ4v) is 2.73. The molecule has 0 aromatic carbocycles. The minimum Gasteiger partial charge on any atom is -0.332 e. The molecular formula is C13H12N4OS. The molecule has 0 N–H and O–H groups in total. The van der Waals surface area contributed by atoms with Crippen LogP contribution in [-0.2, 0) is 17.9 Å². The topological polar surface area (TPSA) is 59.0 Å². The highest BCUT2D eigenvalue weighted by Crippen LogP contribution is 2.22. The first-order valence-electron chi connectivity index (χ1n) is 5.91. The van der Waals surface area contributed by atoms with E-state index in [9.17, 15) is 4.79 Å². The molecule has 1 aliphatic rings. The van der Waals surface area contributed by atoms with E-state index in [0.29, 0.717) is 18.8 Å². The van der Waals surface area contributed by atoms with Crippen LogP contribution in [0.5, 0.6) is 0 Å². The molecule has 2 aromatic rings. The van der Waals surface area contributed by atoms with Crippen LogP contribution in [0.15, 0.2) is 41.9 Å². The van der Waals surface area contributed by atoms with E-state index in [1.807, 2.05) is 17.0 Å². The van der Waals surface area contributed by atoms with E-state index < -0.39 is 0 Å². The molecule has 5 nitrogen and oxygen atoms in total. The van der Waals surface area contributed by atoms with Crippen molar-refractivity contribution in [3.05, 3.63) is 48.3 Å². The summed E-state index contributed by atoms with van der Waals surface area (Å²) in [6.45, 7) is 1.21. The van der Waals surface area contributed by atoms with E-state index in [1.165, 1.54) is 18.1 Å². The van der Waals surface area contributed by atoms with Crippen LogP contribution in [0.3, 0.4) is 0 Å². The molecule has 0 saturated carbocycles. The standard InChI is InChI=1S/C13H12N4OS/c18-13(8-19-11-1-3-14-4-2-11)17-6-10-5-15-9-16-12(10)7-17/h1-5,9H,6-8H2. The predicted octanol–water partition coefficient (Wildman–Crippen LogP) is 1.51. The van der Waals surface area contributed by atoms with Crippen molar-refractivity contribution in [1.82, 2.24) is 19.9 Å². The van der Waals surface area contributed by atoms with Crippen molar-refractivity contribution in [1.29, 1.82) is 0 Å². The Labute approximate surface area is 115 Å². The first kappa shape index (κ1) is 12.1. The number of carbonyl (C=O) groups is 1. The molecule has 0 saturated heterocycles. The molecule has 0 fully saturated rings. The van der Waals surface area contributed by atoms with E-state index in [4.69, 9.17) is 0 Å². The van der Waals surface area contributed by atoms with Crippen molar-refractivity contribution < 1.29 is 4.79 Å². The lowest BCUT2D eigenvalue weighted by atomic mass is 10.3. The molecule has 19 heavy (non-hydrogen) atoms. The smallest absolute Gasteiger partial charge is 0.233 e. The zero-order chi connectivity index (χ0) is 13.1. The number of hydrogen-bond acceptors (Lipinski definition) is 5. The highest BCUT2D eigenvalue weighted by atomic mass is 32.2.